The molecule has 0 aromatic carbocycles. The third kappa shape index (κ3) is 7.07. The van der Waals surface area contributed by atoms with Gasteiger partial charge < -0.3 is 9.47 Å². The predicted molar refractivity (Wildman–Crippen MR) is 148 cm³/mol. The second-order valence-corrected chi connectivity index (χ2v) is 12.7. The standard InChI is InChI=1S/2C15H25ClO2/c2*1-3-11(18-2)7-5-4-6-10-8-9-12-13(10)15(17)14(12)16/h2*10-14H,3-9H2,1-2H3. The summed E-state index contributed by atoms with van der Waals surface area (Å²) in [5, 5.41) is -0.309. The first-order valence-corrected chi connectivity index (χ1v) is 15.7. The molecule has 10 atom stereocenters. The maximum absolute atomic E-state index is 11.7. The summed E-state index contributed by atoms with van der Waals surface area (Å²) in [5.41, 5.74) is 0. The van der Waals surface area contributed by atoms with Crippen LogP contribution >= 0.6 is 23.2 Å². The first-order chi connectivity index (χ1) is 17.4. The molecule has 0 aliphatic heterocycles. The van der Waals surface area contributed by atoms with Gasteiger partial charge in [0.15, 0.2) is 11.6 Å². The molecule has 4 saturated carbocycles. The van der Waals surface area contributed by atoms with Gasteiger partial charge in [-0.25, -0.2) is 0 Å². The Labute approximate surface area is 229 Å². The molecule has 0 amide bonds. The van der Waals surface area contributed by atoms with Crippen LogP contribution < -0.4 is 0 Å². The Balaban J connectivity index is 0.000000201. The summed E-state index contributed by atoms with van der Waals surface area (Å²) in [7, 11) is 3.59. The molecule has 0 N–H and O–H groups in total. The van der Waals surface area contributed by atoms with Gasteiger partial charge in [0.1, 0.15) is 0 Å². The van der Waals surface area contributed by atoms with Crippen LogP contribution in [0, 0.1) is 35.5 Å². The van der Waals surface area contributed by atoms with E-state index in [2.05, 4.69) is 13.8 Å². The molecule has 0 aromatic rings. The van der Waals surface area contributed by atoms with Crippen molar-refractivity contribution in [2.45, 2.75) is 127 Å². The van der Waals surface area contributed by atoms with Crippen LogP contribution in [0.1, 0.15) is 104 Å². The van der Waals surface area contributed by atoms with E-state index < -0.39 is 0 Å². The minimum atomic E-state index is -0.155. The number of methoxy groups -OCH3 is 2. The van der Waals surface area contributed by atoms with Gasteiger partial charge in [-0.3, -0.25) is 9.59 Å². The summed E-state index contributed by atoms with van der Waals surface area (Å²) >= 11 is 12.1. The van der Waals surface area contributed by atoms with Gasteiger partial charge in [-0.15, -0.1) is 23.2 Å². The van der Waals surface area contributed by atoms with Gasteiger partial charge in [-0.05, 0) is 87.9 Å². The molecule has 0 heterocycles. The molecule has 4 rings (SSSR count). The molecule has 208 valence electrons. The summed E-state index contributed by atoms with van der Waals surface area (Å²) in [5.74, 6) is 3.55. The van der Waals surface area contributed by atoms with E-state index in [9.17, 15) is 9.59 Å². The number of rotatable bonds is 14. The molecule has 36 heavy (non-hydrogen) atoms. The highest BCUT2D eigenvalue weighted by atomic mass is 35.5. The number of carbonyl (C=O) groups is 2. The highest BCUT2D eigenvalue weighted by Gasteiger charge is 2.55. The van der Waals surface area contributed by atoms with E-state index in [1.54, 1.807) is 14.2 Å². The fourth-order valence-electron chi connectivity index (χ4n) is 7.51. The highest BCUT2D eigenvalue weighted by molar-refractivity contribution is 6.34. The Bertz CT molecular complexity index is 634. The monoisotopic (exact) mass is 544 g/mol. The summed E-state index contributed by atoms with van der Waals surface area (Å²) in [4.78, 5) is 23.5. The van der Waals surface area contributed by atoms with Crippen LogP contribution in [0.2, 0.25) is 0 Å². The molecule has 0 aromatic heterocycles. The van der Waals surface area contributed by atoms with E-state index in [0.717, 1.165) is 25.7 Å². The van der Waals surface area contributed by atoms with E-state index >= 15 is 0 Å². The van der Waals surface area contributed by atoms with E-state index in [-0.39, 0.29) is 10.8 Å². The van der Waals surface area contributed by atoms with Crippen molar-refractivity contribution in [1.29, 1.82) is 0 Å². The lowest BCUT2D eigenvalue weighted by atomic mass is 9.70. The number of unbranched alkanes of at least 4 members (excludes halogenated alkanes) is 2. The number of fused-ring (bicyclic) bond motifs is 2. The maximum Gasteiger partial charge on any atom is 0.154 e. The zero-order chi connectivity index (χ0) is 26.2. The van der Waals surface area contributed by atoms with Crippen molar-refractivity contribution in [2.75, 3.05) is 14.2 Å². The second kappa shape index (κ2) is 14.8. The first kappa shape index (κ1) is 30.4. The van der Waals surface area contributed by atoms with Crippen LogP contribution in [0.25, 0.3) is 0 Å². The van der Waals surface area contributed by atoms with Crippen molar-refractivity contribution >= 4 is 34.8 Å². The summed E-state index contributed by atoms with van der Waals surface area (Å²) in [6, 6.07) is 0. The molecule has 4 nitrogen and oxygen atoms in total. The second-order valence-electron chi connectivity index (χ2n) is 11.8. The average Bonchev–Trinajstić information content (AvgIpc) is 3.48. The summed E-state index contributed by atoms with van der Waals surface area (Å²) < 4.78 is 10.8. The zero-order valence-electron chi connectivity index (χ0n) is 23.1. The third-order valence-corrected chi connectivity index (χ3v) is 11.0. The van der Waals surface area contributed by atoms with Crippen molar-refractivity contribution in [3.8, 4) is 0 Å². The number of ether oxygens (including phenoxy) is 2. The molecule has 0 bridgehead atoms. The lowest BCUT2D eigenvalue weighted by Crippen LogP contribution is -2.48. The molecule has 0 saturated heterocycles. The summed E-state index contributed by atoms with van der Waals surface area (Å²) in [6.07, 6.45) is 17.4. The van der Waals surface area contributed by atoms with Crippen LogP contribution in [-0.4, -0.2) is 48.7 Å². The fourth-order valence-corrected chi connectivity index (χ4v) is 8.36. The van der Waals surface area contributed by atoms with Crippen LogP contribution in [-0.2, 0) is 19.1 Å². The highest BCUT2D eigenvalue weighted by Crippen LogP contribution is 2.52. The van der Waals surface area contributed by atoms with Crippen LogP contribution in [0.3, 0.4) is 0 Å². The van der Waals surface area contributed by atoms with Crippen LogP contribution in [0.15, 0.2) is 0 Å². The van der Waals surface area contributed by atoms with Crippen LogP contribution in [0.5, 0.6) is 0 Å². The van der Waals surface area contributed by atoms with E-state index in [4.69, 9.17) is 32.7 Å². The molecule has 0 spiro atoms. The number of hydrogen-bond donors (Lipinski definition) is 0. The zero-order valence-corrected chi connectivity index (χ0v) is 24.6. The number of ketones is 2. The molecule has 4 aliphatic carbocycles. The smallest absolute Gasteiger partial charge is 0.154 e. The molecule has 10 unspecified atom stereocenters. The Morgan fingerprint density at radius 1 is 0.694 bits per heavy atom. The fraction of sp³-hybridized carbons (Fsp3) is 0.933. The number of Topliss-reactive ketones (excluding diaryl/α,β-unsaturated/α-hetero) is 2. The predicted octanol–water partition coefficient (Wildman–Crippen LogP) is 7.61. The molecule has 0 radical (unpaired) electrons. The quantitative estimate of drug-likeness (QED) is 0.167. The lowest BCUT2D eigenvalue weighted by molar-refractivity contribution is -0.134. The minimum Gasteiger partial charge on any atom is -0.381 e. The molecule has 6 heteroatoms. The number of halogens is 2. The van der Waals surface area contributed by atoms with Crippen molar-refractivity contribution in [3.05, 3.63) is 0 Å². The van der Waals surface area contributed by atoms with Gasteiger partial charge in [0.2, 0.25) is 0 Å². The normalized spacial score (nSPS) is 36.3. The Hall–Kier alpha value is -0.160. The van der Waals surface area contributed by atoms with Crippen molar-refractivity contribution < 1.29 is 19.1 Å². The average molecular weight is 546 g/mol. The van der Waals surface area contributed by atoms with E-state index in [0.29, 0.717) is 59.3 Å². The lowest BCUT2D eigenvalue weighted by Gasteiger charge is -2.37. The van der Waals surface area contributed by atoms with Crippen LogP contribution in [0.4, 0.5) is 0 Å². The largest absolute Gasteiger partial charge is 0.381 e. The van der Waals surface area contributed by atoms with Gasteiger partial charge in [-0.1, -0.05) is 39.5 Å². The molecule has 4 aliphatic rings. The third-order valence-electron chi connectivity index (χ3n) is 9.91. The summed E-state index contributed by atoms with van der Waals surface area (Å²) in [6.45, 7) is 4.34. The minimum absolute atomic E-state index is 0.155. The van der Waals surface area contributed by atoms with Gasteiger partial charge in [0.05, 0.1) is 23.0 Å². The molecular formula is C30H50Cl2O4. The topological polar surface area (TPSA) is 52.6 Å². The van der Waals surface area contributed by atoms with Gasteiger partial charge in [0, 0.05) is 26.1 Å². The number of hydrogen-bond acceptors (Lipinski definition) is 4. The van der Waals surface area contributed by atoms with Crippen molar-refractivity contribution in [2.24, 2.45) is 35.5 Å². The Morgan fingerprint density at radius 2 is 1.08 bits per heavy atom. The maximum atomic E-state index is 11.7. The molecular weight excluding hydrogens is 495 g/mol. The SMILES string of the molecule is CCC(CCCCC1CCC2C(Cl)C(=O)C12)OC.CCC(CCCCC1CCC2C(Cl)C(=O)C12)OC. The van der Waals surface area contributed by atoms with E-state index in [1.165, 1.54) is 64.2 Å². The first-order valence-electron chi connectivity index (χ1n) is 14.8. The number of alkyl halides is 2. The van der Waals surface area contributed by atoms with Crippen molar-refractivity contribution in [3.63, 3.8) is 0 Å². The van der Waals surface area contributed by atoms with E-state index in [1.807, 2.05) is 0 Å². The Kier molecular flexibility index (Phi) is 12.5. The van der Waals surface area contributed by atoms with Gasteiger partial charge in [0.25, 0.3) is 0 Å². The molecule has 4 fully saturated rings. The van der Waals surface area contributed by atoms with Gasteiger partial charge >= 0.3 is 0 Å². The number of carbonyl (C=O) groups excluding carboxylic acids is 2. The van der Waals surface area contributed by atoms with Crippen molar-refractivity contribution in [1.82, 2.24) is 0 Å². The van der Waals surface area contributed by atoms with Gasteiger partial charge in [-0.2, -0.15) is 0 Å². The Morgan fingerprint density at radius 3 is 1.42 bits per heavy atom.